The Morgan fingerprint density at radius 2 is 1.94 bits per heavy atom. The number of halogens is 3. The first kappa shape index (κ1) is 22.3. The number of pyridine rings is 2. The van der Waals surface area contributed by atoms with E-state index in [0.717, 1.165) is 49.7 Å². The number of alkyl halides is 3. The van der Waals surface area contributed by atoms with Gasteiger partial charge in [-0.3, -0.25) is 4.98 Å². The van der Waals surface area contributed by atoms with Crippen molar-refractivity contribution in [1.82, 2.24) is 19.9 Å². The topological polar surface area (TPSA) is 90.0 Å². The Hall–Kier alpha value is -2.50. The first-order chi connectivity index (χ1) is 15.7. The molecule has 11 heteroatoms. The van der Waals surface area contributed by atoms with Crippen molar-refractivity contribution in [3.05, 3.63) is 42.4 Å². The van der Waals surface area contributed by atoms with E-state index in [4.69, 9.17) is 10.5 Å². The van der Waals surface area contributed by atoms with Crippen LogP contribution in [-0.4, -0.2) is 51.8 Å². The number of hydrogen-bond acceptors (Lipinski definition) is 8. The highest BCUT2D eigenvalue weighted by Gasteiger charge is 2.47. The third kappa shape index (κ3) is 4.24. The number of piperidine rings is 1. The molecule has 2 atom stereocenters. The minimum absolute atomic E-state index is 0.00732. The van der Waals surface area contributed by atoms with Gasteiger partial charge in [0.2, 0.25) is 0 Å². The van der Waals surface area contributed by atoms with Gasteiger partial charge in [0.05, 0.1) is 18.9 Å². The zero-order chi connectivity index (χ0) is 23.2. The zero-order valence-electron chi connectivity index (χ0n) is 17.9. The molecule has 0 unspecified atom stereocenters. The predicted molar refractivity (Wildman–Crippen MR) is 118 cm³/mol. The maximum Gasteiger partial charge on any atom is 0.434 e. The van der Waals surface area contributed by atoms with E-state index >= 15 is 0 Å². The second-order valence-electron chi connectivity index (χ2n) is 8.56. The predicted octanol–water partition coefficient (Wildman–Crippen LogP) is 3.92. The van der Waals surface area contributed by atoms with Crippen LogP contribution in [0.4, 0.5) is 19.0 Å². The molecule has 33 heavy (non-hydrogen) atoms. The Kier molecular flexibility index (Phi) is 5.66. The Morgan fingerprint density at radius 3 is 2.64 bits per heavy atom. The molecule has 1 spiro atoms. The van der Waals surface area contributed by atoms with E-state index in [0.29, 0.717) is 22.8 Å². The summed E-state index contributed by atoms with van der Waals surface area (Å²) in [5, 5.41) is 0.396. The largest absolute Gasteiger partial charge is 0.434 e. The Labute approximate surface area is 193 Å². The van der Waals surface area contributed by atoms with E-state index in [9.17, 15) is 13.2 Å². The van der Waals surface area contributed by atoms with E-state index in [2.05, 4.69) is 24.8 Å². The number of rotatable bonds is 3. The maximum atomic E-state index is 13.2. The van der Waals surface area contributed by atoms with E-state index < -0.39 is 11.9 Å². The summed E-state index contributed by atoms with van der Waals surface area (Å²) in [5.74, 6) is 0.756. The molecule has 2 saturated heterocycles. The molecule has 7 nitrogen and oxygen atoms in total. The van der Waals surface area contributed by atoms with Gasteiger partial charge in [0.1, 0.15) is 16.4 Å². The summed E-state index contributed by atoms with van der Waals surface area (Å²) in [6, 6.07) is 6.28. The summed E-state index contributed by atoms with van der Waals surface area (Å²) >= 11 is 0.904. The molecule has 0 saturated carbocycles. The highest BCUT2D eigenvalue weighted by Crippen LogP contribution is 2.42. The third-order valence-corrected chi connectivity index (χ3v) is 7.54. The lowest BCUT2D eigenvalue weighted by atomic mass is 9.73. The first-order valence-corrected chi connectivity index (χ1v) is 11.5. The van der Waals surface area contributed by atoms with Gasteiger partial charge in [-0.1, -0.05) is 11.8 Å². The molecule has 5 heterocycles. The fourth-order valence-corrected chi connectivity index (χ4v) is 5.44. The normalized spacial score (nSPS) is 22.9. The summed E-state index contributed by atoms with van der Waals surface area (Å²) < 4.78 is 45.5. The van der Waals surface area contributed by atoms with Crippen LogP contribution >= 0.6 is 11.8 Å². The van der Waals surface area contributed by atoms with Gasteiger partial charge in [-0.2, -0.15) is 13.2 Å². The highest BCUT2D eigenvalue weighted by molar-refractivity contribution is 7.99. The molecule has 2 aliphatic heterocycles. The molecule has 2 N–H and O–H groups in total. The summed E-state index contributed by atoms with van der Waals surface area (Å²) in [6.07, 6.45) is 0.200. The van der Waals surface area contributed by atoms with Crippen LogP contribution in [0.25, 0.3) is 11.2 Å². The molecule has 2 fully saturated rings. The van der Waals surface area contributed by atoms with Gasteiger partial charge in [-0.05, 0) is 44.0 Å². The van der Waals surface area contributed by atoms with Gasteiger partial charge in [-0.15, -0.1) is 0 Å². The van der Waals surface area contributed by atoms with Crippen LogP contribution in [0.5, 0.6) is 0 Å². The highest BCUT2D eigenvalue weighted by atomic mass is 32.2. The molecule has 174 valence electrons. The van der Waals surface area contributed by atoms with E-state index in [-0.39, 0.29) is 22.5 Å². The molecular weight excluding hydrogens is 453 g/mol. The van der Waals surface area contributed by atoms with Crippen molar-refractivity contribution in [1.29, 1.82) is 0 Å². The second-order valence-corrected chi connectivity index (χ2v) is 9.62. The van der Waals surface area contributed by atoms with Crippen molar-refractivity contribution in [2.75, 3.05) is 24.6 Å². The van der Waals surface area contributed by atoms with Crippen LogP contribution in [-0.2, 0) is 10.9 Å². The van der Waals surface area contributed by atoms with Gasteiger partial charge in [0, 0.05) is 35.6 Å². The van der Waals surface area contributed by atoms with Crippen molar-refractivity contribution >= 4 is 28.7 Å². The lowest BCUT2D eigenvalue weighted by Crippen LogP contribution is -2.50. The number of aromatic nitrogens is 4. The summed E-state index contributed by atoms with van der Waals surface area (Å²) in [4.78, 5) is 19.2. The Bertz CT molecular complexity index is 1170. The minimum atomic E-state index is -4.53. The van der Waals surface area contributed by atoms with Crippen LogP contribution in [0.15, 0.2) is 46.6 Å². The van der Waals surface area contributed by atoms with Crippen molar-refractivity contribution in [3.8, 4) is 0 Å². The first-order valence-electron chi connectivity index (χ1n) is 10.7. The fraction of sp³-hybridized carbons (Fsp3) is 0.455. The molecule has 0 radical (unpaired) electrons. The van der Waals surface area contributed by atoms with Crippen molar-refractivity contribution in [2.24, 2.45) is 11.1 Å². The number of ether oxygens (including phenoxy) is 1. The average Bonchev–Trinajstić information content (AvgIpc) is 3.07. The smallest absolute Gasteiger partial charge is 0.376 e. The van der Waals surface area contributed by atoms with Crippen LogP contribution in [0.1, 0.15) is 25.5 Å². The van der Waals surface area contributed by atoms with Gasteiger partial charge in [-0.25, -0.2) is 15.0 Å². The standard InChI is InChI=1S/C22H23F3N6OS/c1-13-18(26)21(12-32-13)6-9-31(10-7-21)16-11-28-20-14(29-16)4-5-17(30-20)33-15-3-2-8-27-19(15)22(23,24)25/h2-5,8,11,13,18H,6-7,9-10,12,26H2,1H3/t13-,18+/m0/s1. The van der Waals surface area contributed by atoms with E-state index in [1.807, 2.05) is 6.92 Å². The minimum Gasteiger partial charge on any atom is -0.376 e. The molecule has 3 aromatic heterocycles. The maximum absolute atomic E-state index is 13.2. The molecule has 2 aliphatic rings. The van der Waals surface area contributed by atoms with E-state index in [1.165, 1.54) is 12.1 Å². The van der Waals surface area contributed by atoms with Crippen LogP contribution in [0.3, 0.4) is 0 Å². The number of nitrogens with zero attached hydrogens (tertiary/aromatic N) is 5. The van der Waals surface area contributed by atoms with Crippen LogP contribution < -0.4 is 10.6 Å². The number of nitrogens with two attached hydrogens (primary N) is 1. The Morgan fingerprint density at radius 1 is 1.15 bits per heavy atom. The van der Waals surface area contributed by atoms with Gasteiger partial charge in [0.25, 0.3) is 0 Å². The van der Waals surface area contributed by atoms with Gasteiger partial charge >= 0.3 is 6.18 Å². The number of hydrogen-bond donors (Lipinski definition) is 1. The second kappa shape index (κ2) is 8.37. The molecule has 0 aliphatic carbocycles. The number of anilines is 1. The molecule has 0 bridgehead atoms. The molecule has 0 aromatic carbocycles. The zero-order valence-corrected chi connectivity index (χ0v) is 18.7. The third-order valence-electron chi connectivity index (χ3n) is 6.55. The van der Waals surface area contributed by atoms with Crippen molar-refractivity contribution in [2.45, 2.75) is 48.0 Å². The van der Waals surface area contributed by atoms with Crippen LogP contribution in [0, 0.1) is 5.41 Å². The average molecular weight is 477 g/mol. The van der Waals surface area contributed by atoms with E-state index in [1.54, 1.807) is 18.3 Å². The molecular formula is C22H23F3N6OS. The van der Waals surface area contributed by atoms with Crippen molar-refractivity contribution < 1.29 is 17.9 Å². The molecule has 0 amide bonds. The summed E-state index contributed by atoms with van der Waals surface area (Å²) in [6.45, 7) is 4.35. The SMILES string of the molecule is C[C@@H]1OCC2(CCN(c3cnc4nc(Sc5cccnc5C(F)(F)F)ccc4n3)CC2)[C@@H]1N. The van der Waals surface area contributed by atoms with Crippen molar-refractivity contribution in [3.63, 3.8) is 0 Å². The summed E-state index contributed by atoms with van der Waals surface area (Å²) in [7, 11) is 0. The molecule has 3 aromatic rings. The quantitative estimate of drug-likeness (QED) is 0.608. The van der Waals surface area contributed by atoms with Gasteiger partial charge < -0.3 is 15.4 Å². The Balaban J connectivity index is 1.33. The lowest BCUT2D eigenvalue weighted by Gasteiger charge is -2.41. The van der Waals surface area contributed by atoms with Crippen LogP contribution in [0.2, 0.25) is 0 Å². The lowest BCUT2D eigenvalue weighted by molar-refractivity contribution is -0.143. The monoisotopic (exact) mass is 476 g/mol. The molecule has 5 rings (SSSR count). The van der Waals surface area contributed by atoms with Gasteiger partial charge in [0.15, 0.2) is 11.3 Å². The fourth-order valence-electron chi connectivity index (χ4n) is 4.54. The number of fused-ring (bicyclic) bond motifs is 1. The summed E-state index contributed by atoms with van der Waals surface area (Å²) in [5.41, 5.74) is 6.47.